The molecule has 3 aliphatic heterocycles. The molecular weight excluding hydrogens is 536 g/mol. The second-order valence-electron chi connectivity index (χ2n) is 11.3. The predicted molar refractivity (Wildman–Crippen MR) is 166 cm³/mol. The van der Waals surface area contributed by atoms with Crippen molar-refractivity contribution in [1.29, 1.82) is 0 Å². The monoisotopic (exact) mass is 566 g/mol. The number of Topliss-reactive ketones (excluding diaryl/α,β-unsaturated/α-hetero) is 2. The van der Waals surface area contributed by atoms with Gasteiger partial charge in [0.1, 0.15) is 23.8 Å². The van der Waals surface area contributed by atoms with Crippen LogP contribution in [-0.2, 0) is 10.2 Å². The third-order valence-corrected chi connectivity index (χ3v) is 8.96. The molecule has 4 aromatic carbocycles. The number of hydrogen-bond donors (Lipinski definition) is 1. The smallest absolute Gasteiger partial charge is 0.238 e. The molecule has 0 unspecified atom stereocenters. The van der Waals surface area contributed by atoms with Gasteiger partial charge in [-0.3, -0.25) is 14.4 Å². The molecule has 6 heteroatoms. The molecule has 4 aromatic rings. The normalized spacial score (nSPS) is 22.9. The molecule has 1 amide bonds. The summed E-state index contributed by atoms with van der Waals surface area (Å²) in [5.41, 5.74) is 3.82. The Hall–Kier alpha value is -5.23. The van der Waals surface area contributed by atoms with Crippen molar-refractivity contribution in [3.63, 3.8) is 0 Å². The molecule has 0 saturated carbocycles. The Morgan fingerprint density at radius 2 is 1.58 bits per heavy atom. The highest BCUT2D eigenvalue weighted by molar-refractivity contribution is 6.16. The van der Waals surface area contributed by atoms with Gasteiger partial charge in [0.25, 0.3) is 0 Å². The second kappa shape index (κ2) is 10.2. The number of para-hydroxylation sites is 1. The number of benzene rings is 4. The van der Waals surface area contributed by atoms with Crippen molar-refractivity contribution in [3.8, 4) is 5.75 Å². The van der Waals surface area contributed by atoms with Gasteiger partial charge in [0, 0.05) is 23.0 Å². The van der Waals surface area contributed by atoms with Crippen LogP contribution in [0.3, 0.4) is 0 Å². The van der Waals surface area contributed by atoms with E-state index < -0.39 is 23.4 Å². The molecule has 0 aliphatic carbocycles. The fraction of sp³-hybridized carbons (Fsp3) is 0.162. The summed E-state index contributed by atoms with van der Waals surface area (Å²) in [4.78, 5) is 46.0. The molecule has 1 fully saturated rings. The third-order valence-electron chi connectivity index (χ3n) is 8.96. The molecule has 4 atom stereocenters. The number of carbonyl (C=O) groups is 3. The molecule has 6 nitrogen and oxygen atoms in total. The number of nitrogens with one attached hydrogen (secondary N) is 1. The van der Waals surface area contributed by atoms with Crippen LogP contribution >= 0.6 is 0 Å². The molecule has 1 saturated heterocycles. The van der Waals surface area contributed by atoms with Crippen LogP contribution in [0.4, 0.5) is 5.69 Å². The molecule has 3 aliphatic rings. The van der Waals surface area contributed by atoms with E-state index in [2.05, 4.69) is 11.9 Å². The number of rotatable bonds is 7. The van der Waals surface area contributed by atoms with Gasteiger partial charge in [-0.25, -0.2) is 0 Å². The summed E-state index contributed by atoms with van der Waals surface area (Å²) in [6.45, 7) is 5.99. The van der Waals surface area contributed by atoms with Crippen LogP contribution in [0.2, 0.25) is 0 Å². The SMILES string of the molecule is C=CCOc1ccc(C(=O)[C@@H]2[C@@H](C(=O)c3ccc(C)cc3)N3C=Cc4ccccc4[C@@H]3[C@]23C(=O)Nc2ccccc23)cc1. The molecule has 1 spiro atoms. The van der Waals surface area contributed by atoms with E-state index in [9.17, 15) is 14.4 Å². The number of ether oxygens (including phenoxy) is 1. The number of aryl methyl sites for hydroxylation is 1. The van der Waals surface area contributed by atoms with E-state index in [1.165, 1.54) is 0 Å². The van der Waals surface area contributed by atoms with E-state index >= 15 is 0 Å². The van der Waals surface area contributed by atoms with Gasteiger partial charge in [-0.2, -0.15) is 0 Å². The molecule has 0 bridgehead atoms. The van der Waals surface area contributed by atoms with Crippen molar-refractivity contribution < 1.29 is 19.1 Å². The Bertz CT molecular complexity index is 1810. The maximum atomic E-state index is 14.9. The molecular formula is C37H30N2O4. The standard InChI is InChI=1S/C37H30N2O4/c1-3-22-43-27-18-16-25(17-19-27)33(40)31-32(34(41)26-14-12-23(2)13-15-26)39-21-20-24-8-4-5-9-28(24)35(39)37(31)29-10-6-7-11-30(29)38-36(37)42/h3-21,31-32,35H,1,22H2,2H3,(H,38,42)/t31-,32-,35+,37+/m0/s1. The number of hydrogen-bond acceptors (Lipinski definition) is 5. The van der Waals surface area contributed by atoms with Gasteiger partial charge < -0.3 is 15.0 Å². The molecule has 43 heavy (non-hydrogen) atoms. The summed E-state index contributed by atoms with van der Waals surface area (Å²) >= 11 is 0. The number of ketones is 2. The molecule has 0 aromatic heterocycles. The summed E-state index contributed by atoms with van der Waals surface area (Å²) in [5, 5.41) is 3.09. The Kier molecular flexibility index (Phi) is 6.35. The Balaban J connectivity index is 1.47. The van der Waals surface area contributed by atoms with Gasteiger partial charge in [-0.05, 0) is 60.0 Å². The van der Waals surface area contributed by atoms with E-state index in [-0.39, 0.29) is 17.5 Å². The topological polar surface area (TPSA) is 75.7 Å². The first-order valence-corrected chi connectivity index (χ1v) is 14.4. The molecule has 0 radical (unpaired) electrons. The summed E-state index contributed by atoms with van der Waals surface area (Å²) < 4.78 is 5.65. The molecule has 212 valence electrons. The highest BCUT2D eigenvalue weighted by atomic mass is 16.5. The minimum Gasteiger partial charge on any atom is -0.490 e. The average molecular weight is 567 g/mol. The van der Waals surface area contributed by atoms with Crippen LogP contribution in [0, 0.1) is 12.8 Å². The van der Waals surface area contributed by atoms with Crippen LogP contribution in [0.1, 0.15) is 49.0 Å². The average Bonchev–Trinajstić information content (AvgIpc) is 3.52. The van der Waals surface area contributed by atoms with Crippen LogP contribution in [-0.4, -0.2) is 35.0 Å². The highest BCUT2D eigenvalue weighted by Gasteiger charge is 2.70. The number of nitrogens with zero attached hydrogens (tertiary/aromatic N) is 1. The number of anilines is 1. The van der Waals surface area contributed by atoms with Gasteiger partial charge in [-0.1, -0.05) is 84.9 Å². The van der Waals surface area contributed by atoms with E-state index in [4.69, 9.17) is 4.74 Å². The maximum absolute atomic E-state index is 14.9. The van der Waals surface area contributed by atoms with E-state index in [1.807, 2.05) is 84.8 Å². The zero-order valence-corrected chi connectivity index (χ0v) is 23.7. The van der Waals surface area contributed by atoms with Crippen molar-refractivity contribution in [2.45, 2.75) is 24.4 Å². The fourth-order valence-corrected chi connectivity index (χ4v) is 7.11. The van der Waals surface area contributed by atoms with Crippen LogP contribution in [0.15, 0.2) is 116 Å². The van der Waals surface area contributed by atoms with Crippen molar-refractivity contribution in [3.05, 3.63) is 149 Å². The first-order valence-electron chi connectivity index (χ1n) is 14.4. The van der Waals surface area contributed by atoms with Gasteiger partial charge >= 0.3 is 0 Å². The lowest BCUT2D eigenvalue weighted by Crippen LogP contribution is -2.49. The molecule has 3 heterocycles. The van der Waals surface area contributed by atoms with Gasteiger partial charge in [0.15, 0.2) is 11.6 Å². The van der Waals surface area contributed by atoms with Gasteiger partial charge in [0.05, 0.1) is 12.0 Å². The lowest BCUT2D eigenvalue weighted by atomic mass is 9.62. The molecule has 1 N–H and O–H groups in total. The second-order valence-corrected chi connectivity index (χ2v) is 11.3. The Morgan fingerprint density at radius 3 is 2.35 bits per heavy atom. The van der Waals surface area contributed by atoms with Gasteiger partial charge in [0.2, 0.25) is 5.91 Å². The fourth-order valence-electron chi connectivity index (χ4n) is 7.11. The van der Waals surface area contributed by atoms with Crippen molar-refractivity contribution >= 4 is 29.2 Å². The van der Waals surface area contributed by atoms with Crippen molar-refractivity contribution in [1.82, 2.24) is 4.90 Å². The van der Waals surface area contributed by atoms with Crippen molar-refractivity contribution in [2.75, 3.05) is 11.9 Å². The Labute approximate surface area is 250 Å². The third kappa shape index (κ3) is 3.97. The molecule has 7 rings (SSSR count). The quantitative estimate of drug-likeness (QED) is 0.203. The summed E-state index contributed by atoms with van der Waals surface area (Å²) in [7, 11) is 0. The van der Waals surface area contributed by atoms with E-state index in [0.717, 1.165) is 22.3 Å². The van der Waals surface area contributed by atoms with Gasteiger partial charge in [-0.15, -0.1) is 0 Å². The summed E-state index contributed by atoms with van der Waals surface area (Å²) in [6.07, 6.45) is 5.51. The minimum absolute atomic E-state index is 0.202. The zero-order chi connectivity index (χ0) is 29.7. The van der Waals surface area contributed by atoms with Crippen LogP contribution in [0.25, 0.3) is 6.08 Å². The van der Waals surface area contributed by atoms with Crippen LogP contribution < -0.4 is 10.1 Å². The summed E-state index contributed by atoms with van der Waals surface area (Å²) in [6, 6.07) is 28.2. The largest absolute Gasteiger partial charge is 0.490 e. The van der Waals surface area contributed by atoms with Crippen LogP contribution in [0.5, 0.6) is 5.75 Å². The van der Waals surface area contributed by atoms with E-state index in [0.29, 0.717) is 29.2 Å². The summed E-state index contributed by atoms with van der Waals surface area (Å²) in [5.74, 6) is -1.17. The first-order chi connectivity index (χ1) is 20.9. The highest BCUT2D eigenvalue weighted by Crippen LogP contribution is 2.62. The maximum Gasteiger partial charge on any atom is 0.238 e. The lowest BCUT2D eigenvalue weighted by Gasteiger charge is -2.38. The number of carbonyl (C=O) groups excluding carboxylic acids is 3. The Morgan fingerprint density at radius 1 is 0.907 bits per heavy atom. The van der Waals surface area contributed by atoms with Crippen molar-refractivity contribution in [2.24, 2.45) is 5.92 Å². The number of fused-ring (bicyclic) bond motifs is 6. The predicted octanol–water partition coefficient (Wildman–Crippen LogP) is 6.54. The minimum atomic E-state index is -1.36. The number of amides is 1. The zero-order valence-electron chi connectivity index (χ0n) is 23.7. The van der Waals surface area contributed by atoms with E-state index in [1.54, 1.807) is 42.5 Å². The first kappa shape index (κ1) is 26.7. The lowest BCUT2D eigenvalue weighted by molar-refractivity contribution is -0.122.